The molecule has 0 spiro atoms. The minimum atomic E-state index is -1.00. The summed E-state index contributed by atoms with van der Waals surface area (Å²) in [5, 5.41) is 20.4. The van der Waals surface area contributed by atoms with Gasteiger partial charge in [0.25, 0.3) is 0 Å². The summed E-state index contributed by atoms with van der Waals surface area (Å²) in [6.45, 7) is 1.73. The number of aromatic amines is 1. The van der Waals surface area contributed by atoms with Gasteiger partial charge in [0.15, 0.2) is 0 Å². The van der Waals surface area contributed by atoms with E-state index in [2.05, 4.69) is 25.8 Å². The van der Waals surface area contributed by atoms with Crippen LogP contribution in [0.25, 0.3) is 0 Å². The van der Waals surface area contributed by atoms with Gasteiger partial charge in [-0.15, -0.1) is 0 Å². The number of hydrogen-bond acceptors (Lipinski definition) is 4. The summed E-state index contributed by atoms with van der Waals surface area (Å²) in [6, 6.07) is -1.69. The molecule has 0 radical (unpaired) electrons. The van der Waals surface area contributed by atoms with Crippen LogP contribution in [0.15, 0.2) is 6.33 Å². The van der Waals surface area contributed by atoms with E-state index in [4.69, 9.17) is 5.11 Å². The highest BCUT2D eigenvalue weighted by Gasteiger charge is 2.37. The second-order valence-electron chi connectivity index (χ2n) is 4.36. The van der Waals surface area contributed by atoms with Crippen LogP contribution in [0.3, 0.4) is 0 Å². The molecule has 1 saturated carbocycles. The van der Waals surface area contributed by atoms with Crippen LogP contribution in [0.1, 0.15) is 31.6 Å². The summed E-state index contributed by atoms with van der Waals surface area (Å²) in [7, 11) is 0. The van der Waals surface area contributed by atoms with Crippen LogP contribution in [0.5, 0.6) is 0 Å². The van der Waals surface area contributed by atoms with E-state index in [1.165, 1.54) is 6.33 Å². The standard InChI is InChI=1S/C10H15N5O3/c1-5(8-11-4-12-15-8)13-10(18)14-7(9(16)17)6-2-3-6/h4-7H,2-3H2,1H3,(H,16,17)(H,11,12,15)(H2,13,14,18). The smallest absolute Gasteiger partial charge is 0.326 e. The highest BCUT2D eigenvalue weighted by Crippen LogP contribution is 2.32. The minimum absolute atomic E-state index is 0.0498. The van der Waals surface area contributed by atoms with Crippen LogP contribution in [0, 0.1) is 5.92 Å². The molecule has 2 amide bonds. The molecule has 1 heterocycles. The second kappa shape index (κ2) is 5.03. The number of carbonyl (C=O) groups is 2. The van der Waals surface area contributed by atoms with Gasteiger partial charge < -0.3 is 15.7 Å². The van der Waals surface area contributed by atoms with Gasteiger partial charge in [-0.1, -0.05) is 0 Å². The number of aromatic nitrogens is 3. The molecule has 1 aliphatic carbocycles. The number of nitrogens with zero attached hydrogens (tertiary/aromatic N) is 2. The number of urea groups is 1. The van der Waals surface area contributed by atoms with Crippen LogP contribution in [-0.4, -0.2) is 38.3 Å². The number of carbonyl (C=O) groups excluding carboxylic acids is 1. The Labute approximate surface area is 103 Å². The number of hydrogen-bond donors (Lipinski definition) is 4. The summed E-state index contributed by atoms with van der Waals surface area (Å²) < 4.78 is 0. The topological polar surface area (TPSA) is 120 Å². The molecule has 8 heteroatoms. The number of carboxylic acid groups (broad SMARTS) is 1. The molecule has 1 aromatic heterocycles. The van der Waals surface area contributed by atoms with Crippen molar-refractivity contribution >= 4 is 12.0 Å². The highest BCUT2D eigenvalue weighted by molar-refractivity contribution is 5.83. The first-order valence-corrected chi connectivity index (χ1v) is 5.73. The Bertz CT molecular complexity index is 429. The van der Waals surface area contributed by atoms with Crippen LogP contribution in [-0.2, 0) is 4.79 Å². The minimum Gasteiger partial charge on any atom is -0.480 e. The Morgan fingerprint density at radius 2 is 2.22 bits per heavy atom. The van der Waals surface area contributed by atoms with Gasteiger partial charge in [0.1, 0.15) is 18.2 Å². The average Bonchev–Trinajstić information content (AvgIpc) is 2.98. The Hall–Kier alpha value is -2.12. The largest absolute Gasteiger partial charge is 0.480 e. The molecule has 4 N–H and O–H groups in total. The van der Waals surface area contributed by atoms with Crippen molar-refractivity contribution in [1.82, 2.24) is 25.8 Å². The zero-order valence-corrected chi connectivity index (χ0v) is 9.88. The van der Waals surface area contributed by atoms with E-state index in [9.17, 15) is 9.59 Å². The molecule has 2 atom stereocenters. The van der Waals surface area contributed by atoms with Gasteiger partial charge in [-0.05, 0) is 25.7 Å². The first-order valence-electron chi connectivity index (χ1n) is 5.73. The molecule has 0 aromatic carbocycles. The van der Waals surface area contributed by atoms with Gasteiger partial charge in [-0.3, -0.25) is 5.10 Å². The zero-order chi connectivity index (χ0) is 13.1. The van der Waals surface area contributed by atoms with E-state index in [0.717, 1.165) is 12.8 Å². The van der Waals surface area contributed by atoms with E-state index in [1.54, 1.807) is 6.92 Å². The molecular weight excluding hydrogens is 238 g/mol. The van der Waals surface area contributed by atoms with Gasteiger partial charge in [0.05, 0.1) is 6.04 Å². The Balaban J connectivity index is 1.86. The number of carboxylic acids is 1. The lowest BCUT2D eigenvalue weighted by molar-refractivity contribution is -0.139. The average molecular weight is 253 g/mol. The lowest BCUT2D eigenvalue weighted by atomic mass is 10.2. The Kier molecular flexibility index (Phi) is 3.45. The van der Waals surface area contributed by atoms with E-state index < -0.39 is 18.0 Å². The van der Waals surface area contributed by atoms with Gasteiger partial charge >= 0.3 is 12.0 Å². The first-order chi connectivity index (χ1) is 8.58. The lowest BCUT2D eigenvalue weighted by Gasteiger charge is -2.16. The van der Waals surface area contributed by atoms with Crippen molar-refractivity contribution < 1.29 is 14.7 Å². The number of H-pyrrole nitrogens is 1. The predicted octanol–water partition coefficient (Wildman–Crippen LogP) is 0.0281. The molecule has 0 aliphatic heterocycles. The van der Waals surface area contributed by atoms with Crippen LogP contribution in [0.4, 0.5) is 4.79 Å². The van der Waals surface area contributed by atoms with Crippen molar-refractivity contribution in [3.8, 4) is 0 Å². The fourth-order valence-corrected chi connectivity index (χ4v) is 1.68. The summed E-state index contributed by atoms with van der Waals surface area (Å²) >= 11 is 0. The van der Waals surface area contributed by atoms with Crippen molar-refractivity contribution in [3.05, 3.63) is 12.2 Å². The van der Waals surface area contributed by atoms with Gasteiger partial charge in [0.2, 0.25) is 0 Å². The molecule has 0 saturated heterocycles. The molecule has 2 rings (SSSR count). The number of rotatable bonds is 5. The predicted molar refractivity (Wildman–Crippen MR) is 60.6 cm³/mol. The van der Waals surface area contributed by atoms with Crippen LogP contribution >= 0.6 is 0 Å². The van der Waals surface area contributed by atoms with Crippen molar-refractivity contribution in [2.45, 2.75) is 31.8 Å². The Morgan fingerprint density at radius 1 is 1.50 bits per heavy atom. The third-order valence-corrected chi connectivity index (χ3v) is 2.84. The van der Waals surface area contributed by atoms with E-state index >= 15 is 0 Å². The molecule has 18 heavy (non-hydrogen) atoms. The Morgan fingerprint density at radius 3 is 2.72 bits per heavy atom. The molecule has 1 fully saturated rings. The maximum atomic E-state index is 11.6. The molecule has 1 aliphatic rings. The van der Waals surface area contributed by atoms with E-state index in [-0.39, 0.29) is 12.0 Å². The highest BCUT2D eigenvalue weighted by atomic mass is 16.4. The maximum Gasteiger partial charge on any atom is 0.326 e. The fraction of sp³-hybridized carbons (Fsp3) is 0.600. The molecular formula is C10H15N5O3. The summed E-state index contributed by atoms with van der Waals surface area (Å²) in [5.74, 6) is -0.433. The zero-order valence-electron chi connectivity index (χ0n) is 9.88. The molecule has 8 nitrogen and oxygen atoms in total. The third-order valence-electron chi connectivity index (χ3n) is 2.84. The van der Waals surface area contributed by atoms with E-state index in [0.29, 0.717) is 5.82 Å². The van der Waals surface area contributed by atoms with Crippen molar-refractivity contribution in [1.29, 1.82) is 0 Å². The van der Waals surface area contributed by atoms with Gasteiger partial charge in [-0.25, -0.2) is 14.6 Å². The third kappa shape index (κ3) is 2.96. The monoisotopic (exact) mass is 253 g/mol. The number of amides is 2. The summed E-state index contributed by atoms with van der Waals surface area (Å²) in [6.07, 6.45) is 3.03. The van der Waals surface area contributed by atoms with Gasteiger partial charge in [0, 0.05) is 0 Å². The maximum absolute atomic E-state index is 11.6. The van der Waals surface area contributed by atoms with Crippen LogP contribution < -0.4 is 10.6 Å². The molecule has 98 valence electrons. The van der Waals surface area contributed by atoms with Crippen molar-refractivity contribution in [3.63, 3.8) is 0 Å². The van der Waals surface area contributed by atoms with E-state index in [1.807, 2.05) is 0 Å². The first kappa shape index (κ1) is 12.3. The molecule has 0 bridgehead atoms. The molecule has 2 unspecified atom stereocenters. The number of nitrogens with one attached hydrogen (secondary N) is 3. The normalized spacial score (nSPS) is 17.8. The quantitative estimate of drug-likeness (QED) is 0.590. The lowest BCUT2D eigenvalue weighted by Crippen LogP contribution is -2.47. The summed E-state index contributed by atoms with van der Waals surface area (Å²) in [5.41, 5.74) is 0. The van der Waals surface area contributed by atoms with Gasteiger partial charge in [-0.2, -0.15) is 5.10 Å². The number of aliphatic carboxylic acids is 1. The van der Waals surface area contributed by atoms with Crippen molar-refractivity contribution in [2.24, 2.45) is 5.92 Å². The second-order valence-corrected chi connectivity index (χ2v) is 4.36. The SMILES string of the molecule is CC(NC(=O)NC(C(=O)O)C1CC1)c1ncn[nH]1. The summed E-state index contributed by atoms with van der Waals surface area (Å²) in [4.78, 5) is 26.5. The van der Waals surface area contributed by atoms with Crippen LogP contribution in [0.2, 0.25) is 0 Å². The fourth-order valence-electron chi connectivity index (χ4n) is 1.68. The van der Waals surface area contributed by atoms with Crippen molar-refractivity contribution in [2.75, 3.05) is 0 Å². The molecule has 1 aromatic rings.